The largest absolute Gasteiger partial charge is 0.416 e. The number of benzene rings is 1. The smallest absolute Gasteiger partial charge is 0.316 e. The summed E-state index contributed by atoms with van der Waals surface area (Å²) in [4.78, 5) is -0.359. The summed E-state index contributed by atoms with van der Waals surface area (Å²) in [5.74, 6) is 0.411. The van der Waals surface area contributed by atoms with Gasteiger partial charge in [0.2, 0.25) is 10.0 Å². The van der Waals surface area contributed by atoms with Crippen LogP contribution in [0.1, 0.15) is 18.4 Å². The molecule has 1 aromatic carbocycles. The highest BCUT2D eigenvalue weighted by Gasteiger charge is 2.31. The van der Waals surface area contributed by atoms with E-state index in [1.807, 2.05) is 0 Å². The van der Waals surface area contributed by atoms with Crippen LogP contribution in [0.5, 0.6) is 0 Å². The molecule has 1 heterocycles. The molecule has 0 amide bonds. The van der Waals surface area contributed by atoms with Crippen molar-refractivity contribution in [1.29, 1.82) is 0 Å². The standard InChI is InChI=1S/C13H17F3N2O2S.ClH/c14-13(15,16)11-2-1-3-12(8-11)21(19,20)18-7-5-10-4-6-17-9-10;/h1-3,8,10,17-18H,4-7,9H2;1H. The lowest BCUT2D eigenvalue weighted by molar-refractivity contribution is -0.137. The van der Waals surface area contributed by atoms with Gasteiger partial charge in [-0.1, -0.05) is 6.07 Å². The van der Waals surface area contributed by atoms with Gasteiger partial charge in [-0.25, -0.2) is 13.1 Å². The Bertz CT molecular complexity index is 587. The lowest BCUT2D eigenvalue weighted by atomic mass is 10.1. The SMILES string of the molecule is Cl.O=S(=O)(NCCC1CCNC1)c1cccc(C(F)(F)F)c1. The van der Waals surface area contributed by atoms with E-state index < -0.39 is 21.8 Å². The van der Waals surface area contributed by atoms with E-state index in [1.165, 1.54) is 0 Å². The fraction of sp³-hybridized carbons (Fsp3) is 0.538. The maximum Gasteiger partial charge on any atom is 0.416 e. The second-order valence-corrected chi connectivity index (χ2v) is 6.84. The summed E-state index contributed by atoms with van der Waals surface area (Å²) in [5.41, 5.74) is -0.967. The summed E-state index contributed by atoms with van der Waals surface area (Å²) in [5, 5.41) is 3.17. The number of nitrogens with one attached hydrogen (secondary N) is 2. The topological polar surface area (TPSA) is 58.2 Å². The van der Waals surface area contributed by atoms with Gasteiger partial charge in [-0.15, -0.1) is 12.4 Å². The van der Waals surface area contributed by atoms with Crippen LogP contribution in [-0.4, -0.2) is 28.1 Å². The van der Waals surface area contributed by atoms with Gasteiger partial charge in [0, 0.05) is 6.54 Å². The predicted molar refractivity (Wildman–Crippen MR) is 79.5 cm³/mol. The van der Waals surface area contributed by atoms with Crippen molar-refractivity contribution in [2.75, 3.05) is 19.6 Å². The van der Waals surface area contributed by atoms with Crippen LogP contribution in [0.3, 0.4) is 0 Å². The quantitative estimate of drug-likeness (QED) is 0.849. The zero-order valence-corrected chi connectivity index (χ0v) is 13.3. The summed E-state index contributed by atoms with van der Waals surface area (Å²) < 4.78 is 64.1. The molecule has 9 heteroatoms. The van der Waals surface area contributed by atoms with Gasteiger partial charge in [0.25, 0.3) is 0 Å². The number of hydrogen-bond donors (Lipinski definition) is 2. The average molecular weight is 359 g/mol. The molecule has 1 aromatic rings. The molecule has 1 aliphatic heterocycles. The summed E-state index contributed by atoms with van der Waals surface area (Å²) in [6, 6.07) is 3.76. The normalized spacial score (nSPS) is 19.0. The predicted octanol–water partition coefficient (Wildman–Crippen LogP) is 2.41. The van der Waals surface area contributed by atoms with Gasteiger partial charge in [0.05, 0.1) is 10.5 Å². The molecule has 1 fully saturated rings. The van der Waals surface area contributed by atoms with Gasteiger partial charge in [-0.05, 0) is 50.0 Å². The third kappa shape index (κ3) is 5.12. The molecule has 4 nitrogen and oxygen atoms in total. The summed E-state index contributed by atoms with van der Waals surface area (Å²) in [6.07, 6.45) is -2.89. The van der Waals surface area contributed by atoms with Crippen LogP contribution in [0.2, 0.25) is 0 Å². The lowest BCUT2D eigenvalue weighted by Gasteiger charge is -2.12. The van der Waals surface area contributed by atoms with E-state index in [2.05, 4.69) is 10.0 Å². The highest BCUT2D eigenvalue weighted by Crippen LogP contribution is 2.30. The van der Waals surface area contributed by atoms with E-state index in [1.54, 1.807) is 0 Å². The van der Waals surface area contributed by atoms with Crippen LogP contribution >= 0.6 is 12.4 Å². The molecule has 0 aromatic heterocycles. The number of alkyl halides is 3. The van der Waals surface area contributed by atoms with Crippen molar-refractivity contribution in [2.24, 2.45) is 5.92 Å². The Balaban J connectivity index is 0.00000242. The van der Waals surface area contributed by atoms with Crippen molar-refractivity contribution in [3.63, 3.8) is 0 Å². The molecule has 1 saturated heterocycles. The molecule has 0 aliphatic carbocycles. The van der Waals surface area contributed by atoms with E-state index in [-0.39, 0.29) is 23.8 Å². The van der Waals surface area contributed by atoms with E-state index >= 15 is 0 Å². The van der Waals surface area contributed by atoms with Gasteiger partial charge in [0.15, 0.2) is 0 Å². The second-order valence-electron chi connectivity index (χ2n) is 5.07. The molecule has 126 valence electrons. The minimum Gasteiger partial charge on any atom is -0.316 e. The summed E-state index contributed by atoms with van der Waals surface area (Å²) in [6.45, 7) is 2.00. The van der Waals surface area contributed by atoms with E-state index in [0.717, 1.165) is 37.7 Å². The zero-order valence-electron chi connectivity index (χ0n) is 11.7. The van der Waals surface area contributed by atoms with Crippen LogP contribution < -0.4 is 10.0 Å². The van der Waals surface area contributed by atoms with Crippen LogP contribution in [0.15, 0.2) is 29.2 Å². The van der Waals surface area contributed by atoms with Crippen molar-refractivity contribution in [1.82, 2.24) is 10.0 Å². The minimum atomic E-state index is -4.55. The number of sulfonamides is 1. The molecule has 1 unspecified atom stereocenters. The average Bonchev–Trinajstić information content (AvgIpc) is 2.91. The maximum atomic E-state index is 12.6. The monoisotopic (exact) mass is 358 g/mol. The molecule has 0 spiro atoms. The molecular formula is C13H18ClF3N2O2S. The Morgan fingerprint density at radius 1 is 1.32 bits per heavy atom. The fourth-order valence-electron chi connectivity index (χ4n) is 2.28. The first-order valence-corrected chi connectivity index (χ1v) is 8.15. The van der Waals surface area contributed by atoms with Crippen LogP contribution in [0, 0.1) is 5.92 Å². The van der Waals surface area contributed by atoms with Crippen molar-refractivity contribution in [3.8, 4) is 0 Å². The Hall–Kier alpha value is -0.830. The number of rotatable bonds is 5. The van der Waals surface area contributed by atoms with Crippen LogP contribution in [0.25, 0.3) is 0 Å². The minimum absolute atomic E-state index is 0. The first-order valence-electron chi connectivity index (χ1n) is 6.67. The molecule has 1 atom stereocenters. The highest BCUT2D eigenvalue weighted by atomic mass is 35.5. The molecule has 2 N–H and O–H groups in total. The van der Waals surface area contributed by atoms with Crippen molar-refractivity contribution >= 4 is 22.4 Å². The molecule has 0 saturated carbocycles. The van der Waals surface area contributed by atoms with Gasteiger partial charge in [-0.3, -0.25) is 0 Å². The van der Waals surface area contributed by atoms with E-state index in [4.69, 9.17) is 0 Å². The Morgan fingerprint density at radius 2 is 2.05 bits per heavy atom. The third-order valence-corrected chi connectivity index (χ3v) is 4.94. The van der Waals surface area contributed by atoms with Crippen LogP contribution in [0.4, 0.5) is 13.2 Å². The van der Waals surface area contributed by atoms with E-state index in [0.29, 0.717) is 18.4 Å². The maximum absolute atomic E-state index is 12.6. The summed E-state index contributed by atoms with van der Waals surface area (Å²) >= 11 is 0. The third-order valence-electron chi connectivity index (χ3n) is 3.48. The molecule has 2 rings (SSSR count). The first kappa shape index (κ1) is 19.2. The molecule has 0 radical (unpaired) electrons. The zero-order chi connectivity index (χ0) is 15.5. The molecule has 22 heavy (non-hydrogen) atoms. The van der Waals surface area contributed by atoms with Crippen molar-refractivity contribution in [3.05, 3.63) is 29.8 Å². The van der Waals surface area contributed by atoms with Crippen molar-refractivity contribution in [2.45, 2.75) is 23.9 Å². The Kier molecular flexibility index (Phi) is 6.66. The summed E-state index contributed by atoms with van der Waals surface area (Å²) in [7, 11) is -3.91. The number of hydrogen-bond acceptors (Lipinski definition) is 3. The van der Waals surface area contributed by atoms with Gasteiger partial charge < -0.3 is 5.32 Å². The highest BCUT2D eigenvalue weighted by molar-refractivity contribution is 7.89. The molecule has 1 aliphatic rings. The first-order chi connectivity index (χ1) is 9.79. The fourth-order valence-corrected chi connectivity index (χ4v) is 3.37. The van der Waals surface area contributed by atoms with E-state index in [9.17, 15) is 21.6 Å². The van der Waals surface area contributed by atoms with Crippen LogP contribution in [-0.2, 0) is 16.2 Å². The van der Waals surface area contributed by atoms with Gasteiger partial charge in [0.1, 0.15) is 0 Å². The Morgan fingerprint density at radius 3 is 2.64 bits per heavy atom. The van der Waals surface area contributed by atoms with Gasteiger partial charge in [-0.2, -0.15) is 13.2 Å². The van der Waals surface area contributed by atoms with Crippen molar-refractivity contribution < 1.29 is 21.6 Å². The molecule has 0 bridgehead atoms. The second kappa shape index (κ2) is 7.63. The lowest BCUT2D eigenvalue weighted by Crippen LogP contribution is -2.27. The number of halogens is 4. The molecular weight excluding hydrogens is 341 g/mol. The Labute approximate surface area is 133 Å². The van der Waals surface area contributed by atoms with Gasteiger partial charge >= 0.3 is 6.18 Å².